The topological polar surface area (TPSA) is 58.6 Å². The largest absolute Gasteiger partial charge is 0.416 e. The molecule has 0 bridgehead atoms. The van der Waals surface area contributed by atoms with Gasteiger partial charge >= 0.3 is 6.18 Å². The van der Waals surface area contributed by atoms with E-state index in [1.807, 2.05) is 0 Å². The van der Waals surface area contributed by atoms with E-state index in [1.165, 1.54) is 17.8 Å². The molecular formula is C20H17ClF3NO3S. The zero-order valence-corrected chi connectivity index (χ0v) is 16.6. The number of carbonyl (C=O) groups is 1. The van der Waals surface area contributed by atoms with Gasteiger partial charge in [-0.25, -0.2) is 0 Å². The highest BCUT2D eigenvalue weighted by Crippen LogP contribution is 2.47. The Labute approximate surface area is 174 Å². The Morgan fingerprint density at radius 2 is 1.97 bits per heavy atom. The van der Waals surface area contributed by atoms with E-state index in [-0.39, 0.29) is 22.3 Å². The Morgan fingerprint density at radius 3 is 2.66 bits per heavy atom. The summed E-state index contributed by atoms with van der Waals surface area (Å²) in [6.45, 7) is 0.633. The summed E-state index contributed by atoms with van der Waals surface area (Å²) < 4.78 is 44.8. The molecule has 2 N–H and O–H groups in total. The molecule has 1 saturated heterocycles. The third-order valence-corrected chi connectivity index (χ3v) is 6.52. The summed E-state index contributed by atoms with van der Waals surface area (Å²) >= 11 is 7.50. The lowest BCUT2D eigenvalue weighted by atomic mass is 9.87. The summed E-state index contributed by atoms with van der Waals surface area (Å²) in [6.07, 6.45) is -1.75. The van der Waals surface area contributed by atoms with Gasteiger partial charge in [-0.05, 0) is 49.6 Å². The Hall–Kier alpha value is -1.74. The van der Waals surface area contributed by atoms with Crippen molar-refractivity contribution in [2.75, 3.05) is 11.9 Å². The molecule has 29 heavy (non-hydrogen) atoms. The van der Waals surface area contributed by atoms with Gasteiger partial charge in [-0.3, -0.25) is 4.79 Å². The normalized spacial score (nSPS) is 24.3. The summed E-state index contributed by atoms with van der Waals surface area (Å²) in [6, 6.07) is 7.60. The van der Waals surface area contributed by atoms with Crippen LogP contribution in [0.4, 0.5) is 18.9 Å². The number of ether oxygens (including phenoxy) is 1. The molecule has 1 fully saturated rings. The Balaban J connectivity index is 1.78. The second-order valence-electron chi connectivity index (χ2n) is 6.98. The van der Waals surface area contributed by atoms with E-state index in [0.29, 0.717) is 16.5 Å². The molecule has 0 aliphatic carbocycles. The predicted molar refractivity (Wildman–Crippen MR) is 104 cm³/mol. The minimum Gasteiger partial charge on any atom is -0.372 e. The van der Waals surface area contributed by atoms with E-state index in [0.717, 1.165) is 37.5 Å². The number of amides is 1. The molecule has 2 heterocycles. The minimum atomic E-state index is -4.56. The van der Waals surface area contributed by atoms with E-state index < -0.39 is 23.2 Å². The quantitative estimate of drug-likeness (QED) is 0.687. The Kier molecular flexibility index (Phi) is 5.31. The maximum Gasteiger partial charge on any atom is 0.416 e. The van der Waals surface area contributed by atoms with Gasteiger partial charge in [0.1, 0.15) is 5.44 Å². The van der Waals surface area contributed by atoms with Crippen LogP contribution in [0.1, 0.15) is 36.0 Å². The van der Waals surface area contributed by atoms with Crippen molar-refractivity contribution >= 4 is 35.0 Å². The molecule has 0 aromatic heterocycles. The number of aliphatic hydroxyl groups is 1. The van der Waals surface area contributed by atoms with Gasteiger partial charge in [0.05, 0.1) is 5.56 Å². The lowest BCUT2D eigenvalue weighted by Gasteiger charge is -2.27. The van der Waals surface area contributed by atoms with E-state index in [1.54, 1.807) is 12.1 Å². The first kappa shape index (κ1) is 20.5. The van der Waals surface area contributed by atoms with Crippen molar-refractivity contribution in [3.05, 3.63) is 58.1 Å². The van der Waals surface area contributed by atoms with Gasteiger partial charge in [-0.2, -0.15) is 13.2 Å². The zero-order valence-electron chi connectivity index (χ0n) is 15.1. The number of thioether (sulfide) groups is 1. The van der Waals surface area contributed by atoms with Crippen LogP contribution >= 0.6 is 23.4 Å². The maximum absolute atomic E-state index is 13.0. The number of benzene rings is 2. The van der Waals surface area contributed by atoms with Crippen LogP contribution in [0.15, 0.2) is 41.3 Å². The molecule has 0 spiro atoms. The van der Waals surface area contributed by atoms with E-state index in [9.17, 15) is 23.1 Å². The van der Waals surface area contributed by atoms with Crippen LogP contribution in [0.2, 0.25) is 5.02 Å². The maximum atomic E-state index is 13.0. The first-order valence-electron chi connectivity index (χ1n) is 9.03. The molecule has 2 unspecified atom stereocenters. The van der Waals surface area contributed by atoms with Crippen LogP contribution in [-0.4, -0.2) is 23.1 Å². The van der Waals surface area contributed by atoms with Gasteiger partial charge in [0.2, 0.25) is 0 Å². The molecule has 2 atom stereocenters. The summed E-state index contributed by atoms with van der Waals surface area (Å²) in [5.41, 5.74) is -2.98. The molecule has 4 nitrogen and oxygen atoms in total. The molecule has 2 aromatic rings. The van der Waals surface area contributed by atoms with Crippen molar-refractivity contribution < 1.29 is 27.8 Å². The van der Waals surface area contributed by atoms with Gasteiger partial charge in [0, 0.05) is 33.3 Å². The van der Waals surface area contributed by atoms with Gasteiger partial charge < -0.3 is 15.2 Å². The lowest BCUT2D eigenvalue weighted by molar-refractivity contribution is -0.137. The van der Waals surface area contributed by atoms with Crippen LogP contribution in [0.3, 0.4) is 0 Å². The zero-order chi connectivity index (χ0) is 20.8. The third-order valence-electron chi connectivity index (χ3n) is 5.04. The number of halogens is 4. The molecule has 0 radical (unpaired) electrons. The fraction of sp³-hybridized carbons (Fsp3) is 0.350. The van der Waals surface area contributed by atoms with E-state index in [2.05, 4.69) is 5.32 Å². The number of hydrogen-bond donors (Lipinski definition) is 2. The number of nitrogens with one attached hydrogen (secondary N) is 1. The molecule has 2 aromatic carbocycles. The second kappa shape index (κ2) is 7.50. The molecule has 154 valence electrons. The Bertz CT molecular complexity index is 962. The molecule has 1 amide bonds. The first-order valence-corrected chi connectivity index (χ1v) is 10.3. The van der Waals surface area contributed by atoms with Crippen LogP contribution in [-0.2, 0) is 21.3 Å². The van der Waals surface area contributed by atoms with Crippen molar-refractivity contribution in [2.45, 2.75) is 41.4 Å². The van der Waals surface area contributed by atoms with Crippen LogP contribution < -0.4 is 5.32 Å². The third kappa shape index (κ3) is 3.74. The van der Waals surface area contributed by atoms with Crippen LogP contribution in [0.5, 0.6) is 0 Å². The van der Waals surface area contributed by atoms with E-state index >= 15 is 0 Å². The average molecular weight is 444 g/mol. The lowest BCUT2D eigenvalue weighted by Crippen LogP contribution is -2.36. The van der Waals surface area contributed by atoms with Crippen molar-refractivity contribution in [1.29, 1.82) is 0 Å². The fourth-order valence-corrected chi connectivity index (χ4v) is 4.96. The number of alkyl halides is 3. The second-order valence-corrected chi connectivity index (χ2v) is 8.61. The number of carbonyl (C=O) groups excluding carboxylic acids is 1. The number of anilines is 1. The number of hydrogen-bond acceptors (Lipinski definition) is 4. The van der Waals surface area contributed by atoms with Crippen LogP contribution in [0, 0.1) is 0 Å². The van der Waals surface area contributed by atoms with Gasteiger partial charge in [-0.1, -0.05) is 29.4 Å². The first-order chi connectivity index (χ1) is 13.7. The standard InChI is InChI=1S/C20H17ClF3NO3S/c21-12-5-7-16(29-17-3-1-2-8-28-17)14(10-12)19(27)13-6-4-11(20(22,23)24)9-15(13)25-18(19)26/h4-7,9-10,17,27H,1-3,8H2,(H,25,26). The molecule has 0 saturated carbocycles. The van der Waals surface area contributed by atoms with Crippen molar-refractivity contribution in [3.8, 4) is 0 Å². The highest BCUT2D eigenvalue weighted by atomic mass is 35.5. The van der Waals surface area contributed by atoms with Crippen molar-refractivity contribution in [1.82, 2.24) is 0 Å². The molecular weight excluding hydrogens is 427 g/mol. The molecule has 2 aliphatic heterocycles. The molecule has 9 heteroatoms. The average Bonchev–Trinajstić information content (AvgIpc) is 2.94. The smallest absolute Gasteiger partial charge is 0.372 e. The highest BCUT2D eigenvalue weighted by molar-refractivity contribution is 7.99. The predicted octanol–water partition coefficient (Wildman–Crippen LogP) is 5.17. The van der Waals surface area contributed by atoms with Gasteiger partial charge in [-0.15, -0.1) is 0 Å². The fourth-order valence-electron chi connectivity index (χ4n) is 3.58. The SMILES string of the molecule is O=C1Nc2cc(C(F)(F)F)ccc2C1(O)c1cc(Cl)ccc1SC1CCCCO1. The van der Waals surface area contributed by atoms with Gasteiger partial charge in [0.15, 0.2) is 5.60 Å². The summed E-state index contributed by atoms with van der Waals surface area (Å²) in [4.78, 5) is 13.3. The van der Waals surface area contributed by atoms with E-state index in [4.69, 9.17) is 16.3 Å². The highest BCUT2D eigenvalue weighted by Gasteiger charge is 2.49. The summed E-state index contributed by atoms with van der Waals surface area (Å²) in [5.74, 6) is -0.819. The van der Waals surface area contributed by atoms with Gasteiger partial charge in [0.25, 0.3) is 5.91 Å². The monoisotopic (exact) mass is 443 g/mol. The number of fused-ring (bicyclic) bond motifs is 1. The van der Waals surface area contributed by atoms with Crippen molar-refractivity contribution in [3.63, 3.8) is 0 Å². The number of rotatable bonds is 3. The van der Waals surface area contributed by atoms with Crippen molar-refractivity contribution in [2.24, 2.45) is 0 Å². The Morgan fingerprint density at radius 1 is 1.17 bits per heavy atom. The summed E-state index contributed by atoms with van der Waals surface area (Å²) in [7, 11) is 0. The minimum absolute atomic E-state index is 0.0594. The summed E-state index contributed by atoms with van der Waals surface area (Å²) in [5, 5.41) is 14.1. The van der Waals surface area contributed by atoms with Crippen LogP contribution in [0.25, 0.3) is 0 Å². The molecule has 4 rings (SSSR count). The molecule has 2 aliphatic rings.